The molecule has 0 bridgehead atoms. The molecule has 0 aromatic rings. The molecule has 2 rings (SSSR count). The van der Waals surface area contributed by atoms with Crippen molar-refractivity contribution in [3.05, 3.63) is 0 Å². The Bertz CT molecular complexity index is 181. The maximum Gasteiger partial charge on any atom is 0.162 e. The smallest absolute Gasteiger partial charge is 0.162 e. The average molecular weight is 234 g/mol. The molecular weight excluding hydrogens is 216 g/mol. The van der Waals surface area contributed by atoms with Crippen LogP contribution in [0.5, 0.6) is 0 Å². The molecule has 2 aliphatic rings. The second-order valence-corrected chi connectivity index (χ2v) is 6.79. The summed E-state index contributed by atoms with van der Waals surface area (Å²) in [5.74, 6) is 2.40. The lowest BCUT2D eigenvalue weighted by Crippen LogP contribution is -2.35. The molecule has 0 aromatic heterocycles. The van der Waals surface area contributed by atoms with Gasteiger partial charge < -0.3 is 9.47 Å². The van der Waals surface area contributed by atoms with E-state index < -0.39 is 0 Å². The van der Waals surface area contributed by atoms with E-state index in [1.54, 1.807) is 0 Å². The van der Waals surface area contributed by atoms with E-state index in [0.717, 1.165) is 26.1 Å². The highest BCUT2D eigenvalue weighted by atomic mass is 32.2. The van der Waals surface area contributed by atoms with Crippen LogP contribution in [0.3, 0.4) is 0 Å². The molecule has 1 spiro atoms. The molecule has 0 aromatic carbocycles. The number of hydrogen-bond donors (Lipinski definition) is 0. The van der Waals surface area contributed by atoms with Gasteiger partial charge in [-0.05, 0) is 31.3 Å². The molecule has 0 N–H and O–H groups in total. The molecule has 82 valence electrons. The molecule has 14 heavy (non-hydrogen) atoms. The molecule has 0 aliphatic carbocycles. The Morgan fingerprint density at radius 2 is 1.86 bits per heavy atom. The first-order chi connectivity index (χ1) is 6.81. The predicted octanol–water partition coefficient (Wildman–Crippen LogP) is 2.73. The Kier molecular flexibility index (Phi) is 4.05. The van der Waals surface area contributed by atoms with E-state index in [1.165, 1.54) is 17.9 Å². The highest BCUT2D eigenvalue weighted by Gasteiger charge is 2.37. The minimum Gasteiger partial charge on any atom is -0.378 e. The molecule has 2 unspecified atom stereocenters. The van der Waals surface area contributed by atoms with Crippen LogP contribution in [0.2, 0.25) is 0 Å². The lowest BCUT2D eigenvalue weighted by Gasteiger charge is -2.39. The van der Waals surface area contributed by atoms with Gasteiger partial charge in [-0.2, -0.15) is 0 Å². The fourth-order valence-corrected chi connectivity index (χ4v) is 4.82. The van der Waals surface area contributed by atoms with Gasteiger partial charge in [0.25, 0.3) is 0 Å². The van der Waals surface area contributed by atoms with Crippen molar-refractivity contribution in [3.8, 4) is 0 Å². The molecule has 0 amide bonds. The molecular formula is C10H18O2S2. The second-order valence-electron chi connectivity index (χ2n) is 3.82. The topological polar surface area (TPSA) is 18.5 Å². The van der Waals surface area contributed by atoms with E-state index in [4.69, 9.17) is 9.47 Å². The third kappa shape index (κ3) is 2.81. The quantitative estimate of drug-likeness (QED) is 0.641. The molecule has 2 atom stereocenters. The van der Waals surface area contributed by atoms with Crippen LogP contribution in [-0.2, 0) is 9.47 Å². The lowest BCUT2D eigenvalue weighted by atomic mass is 10.3. The summed E-state index contributed by atoms with van der Waals surface area (Å²) in [4.78, 5) is 0. The first kappa shape index (κ1) is 11.1. The van der Waals surface area contributed by atoms with Crippen molar-refractivity contribution in [1.82, 2.24) is 0 Å². The molecule has 2 nitrogen and oxygen atoms in total. The predicted molar refractivity (Wildman–Crippen MR) is 62.9 cm³/mol. The van der Waals surface area contributed by atoms with Crippen LogP contribution in [0, 0.1) is 0 Å². The van der Waals surface area contributed by atoms with Crippen LogP contribution in [0.4, 0.5) is 0 Å². The van der Waals surface area contributed by atoms with Gasteiger partial charge in [0.15, 0.2) is 4.27 Å². The van der Waals surface area contributed by atoms with Gasteiger partial charge in [0.1, 0.15) is 0 Å². The summed E-state index contributed by atoms with van der Waals surface area (Å²) in [7, 11) is 0. The van der Waals surface area contributed by atoms with E-state index in [1.807, 2.05) is 23.5 Å². The van der Waals surface area contributed by atoms with Crippen molar-refractivity contribution in [2.24, 2.45) is 0 Å². The number of ether oxygens (including phenoxy) is 2. The first-order valence-electron chi connectivity index (χ1n) is 5.34. The number of thioether (sulfide) groups is 2. The third-order valence-corrected chi connectivity index (χ3v) is 5.62. The van der Waals surface area contributed by atoms with Crippen molar-refractivity contribution in [2.45, 2.75) is 36.6 Å². The van der Waals surface area contributed by atoms with Crippen LogP contribution < -0.4 is 0 Å². The molecule has 2 saturated heterocycles. The molecule has 4 heteroatoms. The standard InChI is InChI=1S/C10H18O2S2/c1-9-8-10(12-5-3-7-14-10)13-6-2-4-11-9/h9H,2-8H2,1H3. The van der Waals surface area contributed by atoms with Crippen molar-refractivity contribution >= 4 is 23.5 Å². The van der Waals surface area contributed by atoms with Gasteiger partial charge in [0.2, 0.25) is 0 Å². The highest BCUT2D eigenvalue weighted by Crippen LogP contribution is 2.46. The summed E-state index contributed by atoms with van der Waals surface area (Å²) in [5, 5.41) is 0. The summed E-state index contributed by atoms with van der Waals surface area (Å²) in [6.07, 6.45) is 3.72. The van der Waals surface area contributed by atoms with Gasteiger partial charge in [0.05, 0.1) is 12.7 Å². The summed E-state index contributed by atoms with van der Waals surface area (Å²) in [6, 6.07) is 0. The van der Waals surface area contributed by atoms with Crippen LogP contribution in [0.1, 0.15) is 26.2 Å². The summed E-state index contributed by atoms with van der Waals surface area (Å²) < 4.78 is 11.7. The summed E-state index contributed by atoms with van der Waals surface area (Å²) in [6.45, 7) is 3.99. The fourth-order valence-electron chi connectivity index (χ4n) is 1.80. The maximum atomic E-state index is 5.96. The summed E-state index contributed by atoms with van der Waals surface area (Å²) in [5.41, 5.74) is 0. The van der Waals surface area contributed by atoms with Crippen LogP contribution in [0.25, 0.3) is 0 Å². The van der Waals surface area contributed by atoms with Crippen molar-refractivity contribution in [2.75, 3.05) is 24.7 Å². The lowest BCUT2D eigenvalue weighted by molar-refractivity contribution is 0.00367. The fraction of sp³-hybridized carbons (Fsp3) is 1.00. The molecule has 2 heterocycles. The zero-order valence-corrected chi connectivity index (χ0v) is 10.3. The Labute approximate surface area is 94.5 Å². The normalized spacial score (nSPS) is 40.5. The zero-order chi connectivity index (χ0) is 9.86. The third-order valence-electron chi connectivity index (χ3n) is 2.48. The van der Waals surface area contributed by atoms with Gasteiger partial charge >= 0.3 is 0 Å². The van der Waals surface area contributed by atoms with E-state index in [2.05, 4.69) is 6.92 Å². The molecule has 2 aliphatic heterocycles. The Balaban J connectivity index is 1.98. The summed E-state index contributed by atoms with van der Waals surface area (Å²) >= 11 is 3.96. The van der Waals surface area contributed by atoms with Crippen molar-refractivity contribution in [1.29, 1.82) is 0 Å². The van der Waals surface area contributed by atoms with Gasteiger partial charge in [-0.3, -0.25) is 0 Å². The largest absolute Gasteiger partial charge is 0.378 e. The number of rotatable bonds is 0. The maximum absolute atomic E-state index is 5.96. The highest BCUT2D eigenvalue weighted by molar-refractivity contribution is 8.18. The van der Waals surface area contributed by atoms with Crippen LogP contribution in [-0.4, -0.2) is 35.1 Å². The van der Waals surface area contributed by atoms with E-state index in [0.29, 0.717) is 6.10 Å². The van der Waals surface area contributed by atoms with Crippen LogP contribution >= 0.6 is 23.5 Å². The van der Waals surface area contributed by atoms with E-state index >= 15 is 0 Å². The van der Waals surface area contributed by atoms with E-state index in [-0.39, 0.29) is 4.27 Å². The van der Waals surface area contributed by atoms with Crippen LogP contribution in [0.15, 0.2) is 0 Å². The SMILES string of the molecule is CC1CC2(OCCCS2)SCCCO1. The van der Waals surface area contributed by atoms with Gasteiger partial charge in [-0.15, -0.1) is 23.5 Å². The first-order valence-corrected chi connectivity index (χ1v) is 7.31. The van der Waals surface area contributed by atoms with Crippen molar-refractivity contribution in [3.63, 3.8) is 0 Å². The van der Waals surface area contributed by atoms with Gasteiger partial charge in [-0.1, -0.05) is 0 Å². The average Bonchev–Trinajstić information content (AvgIpc) is 2.16. The minimum atomic E-state index is 0.0120. The minimum absolute atomic E-state index is 0.0120. The Morgan fingerprint density at radius 1 is 1.14 bits per heavy atom. The number of hydrogen-bond acceptors (Lipinski definition) is 4. The Morgan fingerprint density at radius 3 is 2.64 bits per heavy atom. The zero-order valence-electron chi connectivity index (χ0n) is 8.66. The molecule has 0 radical (unpaired) electrons. The van der Waals surface area contributed by atoms with Gasteiger partial charge in [-0.25, -0.2) is 0 Å². The van der Waals surface area contributed by atoms with Crippen molar-refractivity contribution < 1.29 is 9.47 Å². The van der Waals surface area contributed by atoms with E-state index in [9.17, 15) is 0 Å². The molecule has 2 fully saturated rings. The van der Waals surface area contributed by atoms with Gasteiger partial charge in [0, 0.05) is 13.0 Å². The molecule has 0 saturated carbocycles. The Hall–Kier alpha value is 0.620. The second kappa shape index (κ2) is 5.10. The monoisotopic (exact) mass is 234 g/mol.